The fourth-order valence-electron chi connectivity index (χ4n) is 2.27. The number of likely N-dealkylation sites (tertiary alicyclic amines) is 1. The first kappa shape index (κ1) is 14.8. The van der Waals surface area contributed by atoms with E-state index in [2.05, 4.69) is 17.1 Å². The fourth-order valence-corrected chi connectivity index (χ4v) is 2.27. The molecule has 1 unspecified atom stereocenters. The Morgan fingerprint density at radius 1 is 1.24 bits per heavy atom. The molecule has 0 aromatic rings. The molecule has 1 rings (SSSR count). The Morgan fingerprint density at radius 2 is 2.00 bits per heavy atom. The molecule has 2 nitrogen and oxygen atoms in total. The monoisotopic (exact) mass is 252 g/mol. The second-order valence-electron chi connectivity index (χ2n) is 4.73. The van der Waals surface area contributed by atoms with Crippen molar-refractivity contribution in [2.24, 2.45) is 0 Å². The molecule has 1 aliphatic heterocycles. The fraction of sp³-hybridized carbons (Fsp3) is 1.00. The minimum absolute atomic E-state index is 0.192. The average Bonchev–Trinajstić information content (AvgIpc) is 2.48. The molecule has 1 saturated heterocycles. The van der Waals surface area contributed by atoms with Gasteiger partial charge in [0.05, 0.1) is 0 Å². The number of nitrogens with zero attached hydrogens (tertiary/aromatic N) is 1. The Balaban J connectivity index is 2.11. The quantitative estimate of drug-likeness (QED) is 0.757. The van der Waals surface area contributed by atoms with Crippen molar-refractivity contribution in [1.82, 2.24) is 10.2 Å². The molecule has 0 amide bonds. The van der Waals surface area contributed by atoms with Crippen LogP contribution in [0.25, 0.3) is 0 Å². The second-order valence-corrected chi connectivity index (χ2v) is 4.73. The Bertz CT molecular complexity index is 206. The maximum absolute atomic E-state index is 11.9. The molecule has 0 aromatic heterocycles. The molecule has 17 heavy (non-hydrogen) atoms. The third kappa shape index (κ3) is 6.88. The van der Waals surface area contributed by atoms with Crippen molar-refractivity contribution in [1.29, 1.82) is 0 Å². The van der Waals surface area contributed by atoms with Gasteiger partial charge in [0, 0.05) is 12.5 Å². The Labute approximate surface area is 102 Å². The summed E-state index contributed by atoms with van der Waals surface area (Å²) in [6, 6.07) is 0.403. The van der Waals surface area contributed by atoms with Gasteiger partial charge >= 0.3 is 6.18 Å². The van der Waals surface area contributed by atoms with Crippen molar-refractivity contribution < 1.29 is 13.2 Å². The highest BCUT2D eigenvalue weighted by Crippen LogP contribution is 2.21. The lowest BCUT2D eigenvalue weighted by Crippen LogP contribution is -2.32. The zero-order chi connectivity index (χ0) is 12.7. The molecule has 0 radical (unpaired) electrons. The molecule has 1 aliphatic rings. The number of rotatable bonds is 5. The molecule has 0 saturated carbocycles. The van der Waals surface area contributed by atoms with Gasteiger partial charge in [0.1, 0.15) is 0 Å². The summed E-state index contributed by atoms with van der Waals surface area (Å²) in [7, 11) is 0. The molecule has 0 aromatic carbocycles. The third-order valence-electron chi connectivity index (χ3n) is 3.34. The molecule has 5 heteroatoms. The standard InChI is InChI=1S/C12H23F3N2/c1-2-17-9-3-5-11(6-10-17)16-8-4-7-12(13,14)15/h11,16H,2-10H2,1H3. The Hall–Kier alpha value is -0.290. The first-order chi connectivity index (χ1) is 8.01. The maximum Gasteiger partial charge on any atom is 0.389 e. The van der Waals surface area contributed by atoms with Crippen LogP contribution in [0.3, 0.4) is 0 Å². The van der Waals surface area contributed by atoms with E-state index < -0.39 is 12.6 Å². The highest BCUT2D eigenvalue weighted by atomic mass is 19.4. The van der Waals surface area contributed by atoms with E-state index in [1.54, 1.807) is 0 Å². The highest BCUT2D eigenvalue weighted by molar-refractivity contribution is 4.74. The van der Waals surface area contributed by atoms with Crippen LogP contribution in [0.15, 0.2) is 0 Å². The van der Waals surface area contributed by atoms with Crippen molar-refractivity contribution in [2.75, 3.05) is 26.2 Å². The molecule has 0 aliphatic carbocycles. The number of alkyl halides is 3. The molecule has 1 heterocycles. The average molecular weight is 252 g/mol. The molecule has 1 fully saturated rings. The first-order valence-corrected chi connectivity index (χ1v) is 6.54. The van der Waals surface area contributed by atoms with Gasteiger partial charge < -0.3 is 10.2 Å². The van der Waals surface area contributed by atoms with Crippen LogP contribution in [-0.2, 0) is 0 Å². The summed E-state index contributed by atoms with van der Waals surface area (Å²) in [5, 5.41) is 3.25. The highest BCUT2D eigenvalue weighted by Gasteiger charge is 2.26. The van der Waals surface area contributed by atoms with Crippen molar-refractivity contribution in [3.63, 3.8) is 0 Å². The van der Waals surface area contributed by atoms with E-state index in [1.807, 2.05) is 0 Å². The van der Waals surface area contributed by atoms with Gasteiger partial charge in [-0.25, -0.2) is 0 Å². The molecule has 1 N–H and O–H groups in total. The SMILES string of the molecule is CCN1CCCC(NCCCC(F)(F)F)CC1. The van der Waals surface area contributed by atoms with Gasteiger partial charge in [-0.05, 0) is 51.9 Å². The van der Waals surface area contributed by atoms with Gasteiger partial charge in [-0.2, -0.15) is 13.2 Å². The number of nitrogens with one attached hydrogen (secondary N) is 1. The van der Waals surface area contributed by atoms with E-state index in [9.17, 15) is 13.2 Å². The molecular formula is C12H23F3N2. The third-order valence-corrected chi connectivity index (χ3v) is 3.34. The lowest BCUT2D eigenvalue weighted by atomic mass is 10.1. The van der Waals surface area contributed by atoms with Crippen LogP contribution in [-0.4, -0.2) is 43.3 Å². The number of hydrogen-bond acceptors (Lipinski definition) is 2. The Morgan fingerprint density at radius 3 is 2.65 bits per heavy atom. The Kier molecular flexibility index (Phi) is 6.27. The summed E-state index contributed by atoms with van der Waals surface area (Å²) in [5.41, 5.74) is 0. The topological polar surface area (TPSA) is 15.3 Å². The van der Waals surface area contributed by atoms with E-state index in [1.165, 1.54) is 0 Å². The largest absolute Gasteiger partial charge is 0.389 e. The van der Waals surface area contributed by atoms with Crippen LogP contribution in [0.2, 0.25) is 0 Å². The van der Waals surface area contributed by atoms with Gasteiger partial charge in [0.25, 0.3) is 0 Å². The van der Waals surface area contributed by atoms with Crippen molar-refractivity contribution in [3.05, 3.63) is 0 Å². The van der Waals surface area contributed by atoms with Crippen LogP contribution in [0.5, 0.6) is 0 Å². The summed E-state index contributed by atoms with van der Waals surface area (Å²) >= 11 is 0. The zero-order valence-corrected chi connectivity index (χ0v) is 10.5. The molecule has 102 valence electrons. The molecule has 1 atom stereocenters. The van der Waals surface area contributed by atoms with Crippen LogP contribution in [0.4, 0.5) is 13.2 Å². The lowest BCUT2D eigenvalue weighted by molar-refractivity contribution is -0.135. The summed E-state index contributed by atoms with van der Waals surface area (Å²) in [4.78, 5) is 2.40. The smallest absolute Gasteiger partial charge is 0.314 e. The lowest BCUT2D eigenvalue weighted by Gasteiger charge is -2.18. The summed E-state index contributed by atoms with van der Waals surface area (Å²) in [6.45, 7) is 5.89. The van der Waals surface area contributed by atoms with E-state index in [0.29, 0.717) is 12.6 Å². The van der Waals surface area contributed by atoms with Crippen molar-refractivity contribution >= 4 is 0 Å². The summed E-state index contributed by atoms with van der Waals surface area (Å²) in [6.07, 6.45) is -1.21. The minimum atomic E-state index is -4.01. The van der Waals surface area contributed by atoms with E-state index in [4.69, 9.17) is 0 Å². The molecule has 0 bridgehead atoms. The number of hydrogen-bond donors (Lipinski definition) is 1. The van der Waals surface area contributed by atoms with Gasteiger partial charge in [0.15, 0.2) is 0 Å². The van der Waals surface area contributed by atoms with Crippen LogP contribution >= 0.6 is 0 Å². The normalized spacial score (nSPS) is 23.6. The second kappa shape index (κ2) is 7.21. The zero-order valence-electron chi connectivity index (χ0n) is 10.5. The predicted molar refractivity (Wildman–Crippen MR) is 63.0 cm³/mol. The first-order valence-electron chi connectivity index (χ1n) is 6.54. The van der Waals surface area contributed by atoms with E-state index >= 15 is 0 Å². The van der Waals surface area contributed by atoms with Crippen LogP contribution in [0.1, 0.15) is 39.0 Å². The van der Waals surface area contributed by atoms with Gasteiger partial charge in [0.2, 0.25) is 0 Å². The van der Waals surface area contributed by atoms with E-state index in [0.717, 1.165) is 38.9 Å². The molecular weight excluding hydrogens is 229 g/mol. The van der Waals surface area contributed by atoms with Gasteiger partial charge in [-0.15, -0.1) is 0 Å². The maximum atomic E-state index is 11.9. The van der Waals surface area contributed by atoms with Gasteiger partial charge in [-0.1, -0.05) is 6.92 Å². The number of halogens is 3. The van der Waals surface area contributed by atoms with Gasteiger partial charge in [-0.3, -0.25) is 0 Å². The summed E-state index contributed by atoms with van der Waals surface area (Å²) < 4.78 is 35.8. The minimum Gasteiger partial charge on any atom is -0.314 e. The van der Waals surface area contributed by atoms with Crippen LogP contribution in [0, 0.1) is 0 Å². The molecule has 0 spiro atoms. The summed E-state index contributed by atoms with van der Waals surface area (Å²) in [5.74, 6) is 0. The van der Waals surface area contributed by atoms with E-state index in [-0.39, 0.29) is 6.42 Å². The van der Waals surface area contributed by atoms with Crippen molar-refractivity contribution in [2.45, 2.75) is 51.2 Å². The van der Waals surface area contributed by atoms with Crippen LogP contribution < -0.4 is 5.32 Å². The van der Waals surface area contributed by atoms with Crippen molar-refractivity contribution in [3.8, 4) is 0 Å². The predicted octanol–water partition coefficient (Wildman–Crippen LogP) is 2.79.